The second kappa shape index (κ2) is 3.42. The van der Waals surface area contributed by atoms with Crippen LogP contribution in [0.1, 0.15) is 0 Å². The van der Waals surface area contributed by atoms with Crippen molar-refractivity contribution in [3.63, 3.8) is 0 Å². The molecule has 2 rings (SSSR count). The van der Waals surface area contributed by atoms with Crippen LogP contribution in [0.5, 0.6) is 0 Å². The van der Waals surface area contributed by atoms with Gasteiger partial charge in [0.15, 0.2) is 0 Å². The number of alkyl halides is 8. The van der Waals surface area contributed by atoms with Crippen LogP contribution in [0.25, 0.3) is 0 Å². The standard InChI is InChI=1S/2C3H2F4O/c2*4-2(5)1-8-3(2,6)7/h2*1H2. The van der Waals surface area contributed by atoms with Gasteiger partial charge in [-0.1, -0.05) is 0 Å². The lowest BCUT2D eigenvalue weighted by molar-refractivity contribution is -0.442. The Kier molecular flexibility index (Phi) is 2.87. The summed E-state index contributed by atoms with van der Waals surface area (Å²) in [6.07, 6.45) is -8.43. The van der Waals surface area contributed by atoms with Gasteiger partial charge in [-0.3, -0.25) is 0 Å². The van der Waals surface area contributed by atoms with Gasteiger partial charge in [0.25, 0.3) is 0 Å². The molecule has 0 spiro atoms. The first-order valence-electron chi connectivity index (χ1n) is 3.70. The van der Waals surface area contributed by atoms with Crippen LogP contribution in [0, 0.1) is 0 Å². The Labute approximate surface area is 83.1 Å². The third kappa shape index (κ3) is 2.08. The zero-order valence-corrected chi connectivity index (χ0v) is 7.25. The second-order valence-electron chi connectivity index (χ2n) is 3.02. The number of hydrogen-bond donors (Lipinski definition) is 0. The summed E-state index contributed by atoms with van der Waals surface area (Å²) in [4.78, 5) is 0. The van der Waals surface area contributed by atoms with E-state index in [1.807, 2.05) is 0 Å². The monoisotopic (exact) mass is 260 g/mol. The number of rotatable bonds is 0. The molecule has 0 atom stereocenters. The maximum Gasteiger partial charge on any atom is 0.422 e. The van der Waals surface area contributed by atoms with Crippen molar-refractivity contribution < 1.29 is 44.6 Å². The average molecular weight is 260 g/mol. The van der Waals surface area contributed by atoms with Crippen LogP contribution in [0.15, 0.2) is 0 Å². The Morgan fingerprint density at radius 1 is 0.562 bits per heavy atom. The first-order chi connectivity index (χ1) is 6.91. The van der Waals surface area contributed by atoms with Gasteiger partial charge in [-0.25, -0.2) is 0 Å². The lowest BCUT2D eigenvalue weighted by atomic mass is 10.2. The number of ether oxygens (including phenoxy) is 2. The zero-order valence-electron chi connectivity index (χ0n) is 7.25. The predicted molar refractivity (Wildman–Crippen MR) is 31.7 cm³/mol. The Bertz CT molecular complexity index is 220. The fourth-order valence-corrected chi connectivity index (χ4v) is 0.581. The van der Waals surface area contributed by atoms with Crippen molar-refractivity contribution in [1.29, 1.82) is 0 Å². The average Bonchev–Trinajstić information content (AvgIpc) is 2.15. The van der Waals surface area contributed by atoms with Gasteiger partial charge in [-0.05, 0) is 0 Å². The molecule has 2 saturated heterocycles. The molecule has 2 heterocycles. The molecule has 0 radical (unpaired) electrons. The van der Waals surface area contributed by atoms with Crippen LogP contribution in [0.3, 0.4) is 0 Å². The Balaban J connectivity index is 0.000000160. The second-order valence-corrected chi connectivity index (χ2v) is 3.02. The van der Waals surface area contributed by atoms with Crippen LogP contribution in [-0.2, 0) is 9.47 Å². The molecule has 0 bridgehead atoms. The summed E-state index contributed by atoms with van der Waals surface area (Å²) in [5.74, 6) is -7.88. The third-order valence-corrected chi connectivity index (χ3v) is 1.72. The molecule has 0 saturated carbocycles. The smallest absolute Gasteiger partial charge is 0.309 e. The quantitative estimate of drug-likeness (QED) is 0.623. The molecule has 0 aliphatic carbocycles. The fourth-order valence-electron chi connectivity index (χ4n) is 0.581. The molecular formula is C6H4F8O2. The SMILES string of the molecule is FC1(F)COC1(F)F.FC1(F)COC1(F)F. The van der Waals surface area contributed by atoms with Crippen molar-refractivity contribution in [2.75, 3.05) is 13.2 Å². The highest BCUT2D eigenvalue weighted by atomic mass is 19.3. The minimum Gasteiger partial charge on any atom is -0.309 e. The van der Waals surface area contributed by atoms with Gasteiger partial charge in [0.1, 0.15) is 13.2 Å². The molecule has 0 unspecified atom stereocenters. The summed E-state index contributed by atoms with van der Waals surface area (Å²) in [7, 11) is 0. The summed E-state index contributed by atoms with van der Waals surface area (Å²) in [6, 6.07) is 0. The van der Waals surface area contributed by atoms with Gasteiger partial charge >= 0.3 is 24.1 Å². The van der Waals surface area contributed by atoms with Crippen LogP contribution in [0.4, 0.5) is 35.1 Å². The Morgan fingerprint density at radius 3 is 0.750 bits per heavy atom. The van der Waals surface area contributed by atoms with Crippen molar-refractivity contribution in [3.8, 4) is 0 Å². The highest BCUT2D eigenvalue weighted by Gasteiger charge is 2.68. The molecule has 2 aliphatic heterocycles. The third-order valence-electron chi connectivity index (χ3n) is 1.72. The molecule has 0 aromatic carbocycles. The van der Waals surface area contributed by atoms with Crippen LogP contribution < -0.4 is 0 Å². The molecule has 2 nitrogen and oxygen atoms in total. The number of halogens is 8. The molecule has 0 aromatic rings. The van der Waals surface area contributed by atoms with E-state index >= 15 is 0 Å². The van der Waals surface area contributed by atoms with Crippen LogP contribution in [-0.4, -0.2) is 37.3 Å². The van der Waals surface area contributed by atoms with E-state index in [0.717, 1.165) is 0 Å². The molecule has 10 heteroatoms. The molecule has 96 valence electrons. The van der Waals surface area contributed by atoms with Gasteiger partial charge in [-0.15, -0.1) is 0 Å². The summed E-state index contributed by atoms with van der Waals surface area (Å²) in [6.45, 7) is -2.33. The van der Waals surface area contributed by atoms with E-state index < -0.39 is 37.3 Å². The highest BCUT2D eigenvalue weighted by molar-refractivity contribution is 4.85. The van der Waals surface area contributed by atoms with Crippen LogP contribution in [0.2, 0.25) is 0 Å². The van der Waals surface area contributed by atoms with Gasteiger partial charge < -0.3 is 9.47 Å². The van der Waals surface area contributed by atoms with Gasteiger partial charge in [-0.2, -0.15) is 35.1 Å². The molecule has 0 amide bonds. The van der Waals surface area contributed by atoms with E-state index in [2.05, 4.69) is 9.47 Å². The minimum atomic E-state index is -4.22. The van der Waals surface area contributed by atoms with Crippen LogP contribution >= 0.6 is 0 Å². The lowest BCUT2D eigenvalue weighted by Crippen LogP contribution is -2.57. The number of hydrogen-bond acceptors (Lipinski definition) is 2. The van der Waals surface area contributed by atoms with Gasteiger partial charge in [0.05, 0.1) is 0 Å². The highest BCUT2D eigenvalue weighted by Crippen LogP contribution is 2.44. The summed E-state index contributed by atoms with van der Waals surface area (Å²) in [5, 5.41) is 0. The molecule has 16 heavy (non-hydrogen) atoms. The Morgan fingerprint density at radius 2 is 0.750 bits per heavy atom. The largest absolute Gasteiger partial charge is 0.422 e. The topological polar surface area (TPSA) is 18.5 Å². The summed E-state index contributed by atoms with van der Waals surface area (Å²) in [5.41, 5.74) is 0. The van der Waals surface area contributed by atoms with E-state index in [9.17, 15) is 35.1 Å². The summed E-state index contributed by atoms with van der Waals surface area (Å²) >= 11 is 0. The fraction of sp³-hybridized carbons (Fsp3) is 1.00. The maximum absolute atomic E-state index is 11.4. The molecule has 2 fully saturated rings. The first kappa shape index (κ1) is 13.4. The van der Waals surface area contributed by atoms with Crippen molar-refractivity contribution in [3.05, 3.63) is 0 Å². The maximum atomic E-state index is 11.4. The van der Waals surface area contributed by atoms with Crippen molar-refractivity contribution >= 4 is 0 Å². The lowest BCUT2D eigenvalue weighted by Gasteiger charge is -2.34. The first-order valence-corrected chi connectivity index (χ1v) is 3.70. The van der Waals surface area contributed by atoms with E-state index in [0.29, 0.717) is 0 Å². The zero-order chi connectivity index (χ0) is 12.8. The minimum absolute atomic E-state index is 1.17. The van der Waals surface area contributed by atoms with Crippen molar-refractivity contribution in [1.82, 2.24) is 0 Å². The van der Waals surface area contributed by atoms with Crippen molar-refractivity contribution in [2.45, 2.75) is 24.1 Å². The van der Waals surface area contributed by atoms with E-state index in [4.69, 9.17) is 0 Å². The van der Waals surface area contributed by atoms with Crippen molar-refractivity contribution in [2.24, 2.45) is 0 Å². The van der Waals surface area contributed by atoms with E-state index in [-0.39, 0.29) is 0 Å². The summed E-state index contributed by atoms with van der Waals surface area (Å²) < 4.78 is 97.6. The van der Waals surface area contributed by atoms with E-state index in [1.54, 1.807) is 0 Å². The molecule has 0 aromatic heterocycles. The predicted octanol–water partition coefficient (Wildman–Crippen LogP) is 2.49. The molecule has 2 aliphatic rings. The Hall–Kier alpha value is -0.640. The van der Waals surface area contributed by atoms with E-state index in [1.165, 1.54) is 0 Å². The normalized spacial score (nSPS) is 31.5. The molecule has 0 N–H and O–H groups in total. The van der Waals surface area contributed by atoms with Gasteiger partial charge in [0.2, 0.25) is 0 Å². The molecular weight excluding hydrogens is 256 g/mol. The van der Waals surface area contributed by atoms with Gasteiger partial charge in [0, 0.05) is 0 Å².